The largest absolute Gasteiger partial charge is 0.479 e. The highest BCUT2D eigenvalue weighted by molar-refractivity contribution is 6.07. The minimum Gasteiger partial charge on any atom is -0.479 e. The summed E-state index contributed by atoms with van der Waals surface area (Å²) in [5.41, 5.74) is 0.284. The van der Waals surface area contributed by atoms with Gasteiger partial charge in [-0.3, -0.25) is 4.79 Å². The fraction of sp³-hybridized carbons (Fsp3) is 0.200. The van der Waals surface area contributed by atoms with E-state index in [1.807, 2.05) is 0 Å². The van der Waals surface area contributed by atoms with Gasteiger partial charge in [0.25, 0.3) is 5.91 Å². The van der Waals surface area contributed by atoms with Crippen LogP contribution in [0.15, 0.2) is 36.4 Å². The predicted molar refractivity (Wildman–Crippen MR) is 74.7 cm³/mol. The first kappa shape index (κ1) is 14.9. The molecule has 2 aromatic carbocycles. The number of carbonyl (C=O) groups excluding carboxylic acids is 1. The maximum absolute atomic E-state index is 13.7. The van der Waals surface area contributed by atoms with Gasteiger partial charge in [-0.1, -0.05) is 24.3 Å². The van der Waals surface area contributed by atoms with Gasteiger partial charge in [0.15, 0.2) is 6.10 Å². The summed E-state index contributed by atoms with van der Waals surface area (Å²) in [5.74, 6) is -2.06. The number of hydrogen-bond donors (Lipinski definition) is 2. The van der Waals surface area contributed by atoms with Gasteiger partial charge in [-0.05, 0) is 17.5 Å². The number of ether oxygens (including phenoxy) is 1. The van der Waals surface area contributed by atoms with Crippen molar-refractivity contribution in [1.29, 1.82) is 0 Å². The number of nitrogens with one attached hydrogen (secondary N) is 1. The maximum Gasteiger partial charge on any atom is 0.334 e. The molecule has 110 valence electrons. The molecule has 1 unspecified atom stereocenters. The minimum atomic E-state index is -1.17. The maximum atomic E-state index is 13.7. The van der Waals surface area contributed by atoms with Gasteiger partial charge in [0.2, 0.25) is 0 Å². The van der Waals surface area contributed by atoms with Crippen molar-refractivity contribution in [2.75, 3.05) is 13.7 Å². The zero-order valence-corrected chi connectivity index (χ0v) is 11.3. The van der Waals surface area contributed by atoms with E-state index in [0.717, 1.165) is 0 Å². The molecule has 0 aromatic heterocycles. The molecule has 0 saturated carbocycles. The number of rotatable bonds is 5. The summed E-state index contributed by atoms with van der Waals surface area (Å²) in [6, 6.07) is 9.18. The van der Waals surface area contributed by atoms with Crippen molar-refractivity contribution >= 4 is 22.6 Å². The summed E-state index contributed by atoms with van der Waals surface area (Å²) in [4.78, 5) is 22.9. The molecule has 1 atom stereocenters. The summed E-state index contributed by atoms with van der Waals surface area (Å²) in [6.45, 7) is -0.170. The first-order valence-electron chi connectivity index (χ1n) is 6.25. The number of hydrogen-bond acceptors (Lipinski definition) is 3. The van der Waals surface area contributed by atoms with Crippen molar-refractivity contribution in [2.24, 2.45) is 0 Å². The van der Waals surface area contributed by atoms with Gasteiger partial charge in [-0.25, -0.2) is 9.18 Å². The smallest absolute Gasteiger partial charge is 0.334 e. The Morgan fingerprint density at radius 3 is 2.52 bits per heavy atom. The van der Waals surface area contributed by atoms with Crippen molar-refractivity contribution < 1.29 is 23.8 Å². The lowest BCUT2D eigenvalue weighted by Gasteiger charge is -2.12. The van der Waals surface area contributed by atoms with Crippen LogP contribution < -0.4 is 5.32 Å². The van der Waals surface area contributed by atoms with Crippen LogP contribution in [0.1, 0.15) is 10.4 Å². The average Bonchev–Trinajstić information content (AvgIpc) is 2.48. The lowest BCUT2D eigenvalue weighted by Crippen LogP contribution is -2.37. The highest BCUT2D eigenvalue weighted by atomic mass is 19.1. The molecule has 0 fully saturated rings. The summed E-state index contributed by atoms with van der Waals surface area (Å²) in [6.07, 6.45) is -1.12. The Balaban J connectivity index is 2.24. The highest BCUT2D eigenvalue weighted by Crippen LogP contribution is 2.21. The Hall–Kier alpha value is -2.47. The van der Waals surface area contributed by atoms with Crippen molar-refractivity contribution in [3.63, 3.8) is 0 Å². The summed E-state index contributed by atoms with van der Waals surface area (Å²) in [5, 5.41) is 12.1. The molecular formula is C15H14FNO4. The number of carboxylic acid groups (broad SMARTS) is 1. The molecule has 2 rings (SSSR count). The van der Waals surface area contributed by atoms with Crippen molar-refractivity contribution in [1.82, 2.24) is 5.32 Å². The van der Waals surface area contributed by atoms with Gasteiger partial charge in [-0.2, -0.15) is 0 Å². The summed E-state index contributed by atoms with van der Waals surface area (Å²) < 4.78 is 18.4. The zero-order valence-electron chi connectivity index (χ0n) is 11.3. The zero-order chi connectivity index (χ0) is 15.4. The van der Waals surface area contributed by atoms with Crippen molar-refractivity contribution in [3.8, 4) is 0 Å². The first-order chi connectivity index (χ1) is 10.0. The number of fused-ring (bicyclic) bond motifs is 1. The van der Waals surface area contributed by atoms with E-state index in [0.29, 0.717) is 10.8 Å². The van der Waals surface area contributed by atoms with Gasteiger partial charge >= 0.3 is 5.97 Å². The molecule has 0 aliphatic heterocycles. The second-order valence-corrected chi connectivity index (χ2v) is 4.41. The normalized spacial score (nSPS) is 12.1. The van der Waals surface area contributed by atoms with Gasteiger partial charge in [-0.15, -0.1) is 0 Å². The van der Waals surface area contributed by atoms with E-state index >= 15 is 0 Å². The van der Waals surface area contributed by atoms with Crippen molar-refractivity contribution in [2.45, 2.75) is 6.10 Å². The Labute approximate surface area is 120 Å². The Kier molecular flexibility index (Phi) is 4.49. The van der Waals surface area contributed by atoms with Crippen LogP contribution in [0.2, 0.25) is 0 Å². The van der Waals surface area contributed by atoms with Crippen LogP contribution in [0.25, 0.3) is 10.8 Å². The third-order valence-corrected chi connectivity index (χ3v) is 3.12. The van der Waals surface area contributed by atoms with Crippen LogP contribution >= 0.6 is 0 Å². The number of halogens is 1. The number of aliphatic carboxylic acids is 1. The number of methoxy groups -OCH3 is 1. The van der Waals surface area contributed by atoms with Crippen LogP contribution in [0.4, 0.5) is 4.39 Å². The molecule has 2 N–H and O–H groups in total. The van der Waals surface area contributed by atoms with E-state index < -0.39 is 23.8 Å². The Morgan fingerprint density at radius 2 is 1.90 bits per heavy atom. The predicted octanol–water partition coefficient (Wildman–Crippen LogP) is 1.81. The van der Waals surface area contributed by atoms with Crippen LogP contribution in [-0.2, 0) is 9.53 Å². The Bertz CT molecular complexity index is 686. The quantitative estimate of drug-likeness (QED) is 0.881. The molecular weight excluding hydrogens is 277 g/mol. The number of benzene rings is 2. The number of carboxylic acids is 1. The van der Waals surface area contributed by atoms with E-state index in [1.54, 1.807) is 24.3 Å². The minimum absolute atomic E-state index is 0.170. The SMILES string of the molecule is COC(CNC(=O)c1ccc(F)c2ccccc12)C(=O)O. The van der Waals surface area contributed by atoms with Crippen LogP contribution in [0, 0.1) is 5.82 Å². The van der Waals surface area contributed by atoms with Gasteiger partial charge < -0.3 is 15.2 Å². The molecule has 0 saturated heterocycles. The highest BCUT2D eigenvalue weighted by Gasteiger charge is 2.18. The molecule has 2 aromatic rings. The third-order valence-electron chi connectivity index (χ3n) is 3.12. The lowest BCUT2D eigenvalue weighted by atomic mass is 10.0. The topological polar surface area (TPSA) is 75.6 Å². The van der Waals surface area contributed by atoms with E-state index in [9.17, 15) is 14.0 Å². The summed E-state index contributed by atoms with van der Waals surface area (Å²) >= 11 is 0. The van der Waals surface area contributed by atoms with Gasteiger partial charge in [0.05, 0.1) is 6.54 Å². The van der Waals surface area contributed by atoms with E-state index in [4.69, 9.17) is 9.84 Å². The van der Waals surface area contributed by atoms with Crippen LogP contribution in [0.5, 0.6) is 0 Å². The monoisotopic (exact) mass is 291 g/mol. The molecule has 21 heavy (non-hydrogen) atoms. The first-order valence-corrected chi connectivity index (χ1v) is 6.25. The number of carbonyl (C=O) groups is 2. The molecule has 5 nitrogen and oxygen atoms in total. The fourth-order valence-corrected chi connectivity index (χ4v) is 2.01. The Morgan fingerprint density at radius 1 is 1.24 bits per heavy atom. The molecule has 6 heteroatoms. The second-order valence-electron chi connectivity index (χ2n) is 4.41. The lowest BCUT2D eigenvalue weighted by molar-refractivity contribution is -0.148. The van der Waals surface area contributed by atoms with Gasteiger partial charge in [0, 0.05) is 18.1 Å². The third kappa shape index (κ3) is 3.17. The average molecular weight is 291 g/mol. The van der Waals surface area contributed by atoms with E-state index in [-0.39, 0.29) is 12.1 Å². The second kappa shape index (κ2) is 6.32. The molecule has 1 amide bonds. The molecule has 0 heterocycles. The molecule has 0 aliphatic carbocycles. The molecule has 0 bridgehead atoms. The van der Waals surface area contributed by atoms with E-state index in [1.165, 1.54) is 19.2 Å². The van der Waals surface area contributed by atoms with E-state index in [2.05, 4.69) is 5.32 Å². The van der Waals surface area contributed by atoms with Crippen LogP contribution in [0.3, 0.4) is 0 Å². The van der Waals surface area contributed by atoms with Gasteiger partial charge in [0.1, 0.15) is 5.82 Å². The molecule has 0 aliphatic rings. The van der Waals surface area contributed by atoms with Crippen molar-refractivity contribution in [3.05, 3.63) is 47.8 Å². The number of amides is 1. The summed E-state index contributed by atoms with van der Waals surface area (Å²) in [7, 11) is 1.25. The fourth-order valence-electron chi connectivity index (χ4n) is 2.01. The molecule has 0 spiro atoms. The molecule has 0 radical (unpaired) electrons. The standard InChI is InChI=1S/C15H14FNO4/c1-21-13(15(19)20)8-17-14(18)11-6-7-12(16)10-5-3-2-4-9(10)11/h2-7,13H,8H2,1H3,(H,17,18)(H,19,20). The van der Waals surface area contributed by atoms with Crippen LogP contribution in [-0.4, -0.2) is 36.7 Å².